The Kier molecular flexibility index (Phi) is 2.67. The largest absolute Gasteiger partial charge is 0.321 e. The summed E-state index contributed by atoms with van der Waals surface area (Å²) in [5, 5.41) is 2.93. The molecule has 2 heterocycles. The number of fused-ring (bicyclic) bond motifs is 3. The second-order valence-electron chi connectivity index (χ2n) is 4.31. The van der Waals surface area contributed by atoms with Gasteiger partial charge in [0.25, 0.3) is 5.91 Å². The number of rotatable bonds is 0. The number of hydrogen-bond donors (Lipinski definition) is 1. The standard InChI is InChI=1S/C14H11BrN2O/c1-8-12(15)13-11(7-16-8)9-5-3-2-4-6-10(9)14(18)17-13/h2-7,9H,1H3,(H,17,18). The molecule has 0 bridgehead atoms. The minimum absolute atomic E-state index is 0.0202. The second kappa shape index (κ2) is 4.21. The molecule has 1 aromatic heterocycles. The van der Waals surface area contributed by atoms with Crippen molar-refractivity contribution in [2.75, 3.05) is 5.32 Å². The molecule has 0 saturated heterocycles. The van der Waals surface area contributed by atoms with Crippen LogP contribution >= 0.6 is 15.9 Å². The van der Waals surface area contributed by atoms with Gasteiger partial charge in [-0.25, -0.2) is 0 Å². The van der Waals surface area contributed by atoms with E-state index in [2.05, 4.69) is 26.2 Å². The molecular weight excluding hydrogens is 292 g/mol. The first-order valence-corrected chi connectivity index (χ1v) is 6.49. The third-order valence-corrected chi connectivity index (χ3v) is 4.17. The molecule has 1 N–H and O–H groups in total. The van der Waals surface area contributed by atoms with Crippen molar-refractivity contribution in [2.24, 2.45) is 0 Å². The molecule has 18 heavy (non-hydrogen) atoms. The van der Waals surface area contributed by atoms with Gasteiger partial charge in [-0.2, -0.15) is 0 Å². The van der Waals surface area contributed by atoms with Crippen LogP contribution in [0, 0.1) is 6.92 Å². The Balaban J connectivity index is 2.24. The van der Waals surface area contributed by atoms with Crippen LogP contribution in [0.4, 0.5) is 5.69 Å². The van der Waals surface area contributed by atoms with Crippen molar-refractivity contribution in [2.45, 2.75) is 12.8 Å². The molecule has 4 heteroatoms. The number of nitrogens with zero attached hydrogens (tertiary/aromatic N) is 1. The topological polar surface area (TPSA) is 42.0 Å². The summed E-state index contributed by atoms with van der Waals surface area (Å²) >= 11 is 3.49. The number of carbonyl (C=O) groups is 1. The van der Waals surface area contributed by atoms with Gasteiger partial charge in [-0.05, 0) is 22.9 Å². The SMILES string of the molecule is Cc1ncc2c(c1Br)NC(=O)C1=CC=CC=CC12. The lowest BCUT2D eigenvalue weighted by molar-refractivity contribution is -0.113. The van der Waals surface area contributed by atoms with Crippen molar-refractivity contribution in [1.29, 1.82) is 0 Å². The van der Waals surface area contributed by atoms with Gasteiger partial charge >= 0.3 is 0 Å². The molecule has 0 aromatic carbocycles. The summed E-state index contributed by atoms with van der Waals surface area (Å²) in [6.07, 6.45) is 11.5. The molecule has 1 atom stereocenters. The highest BCUT2D eigenvalue weighted by Crippen LogP contribution is 2.41. The number of carbonyl (C=O) groups excluding carboxylic acids is 1. The Morgan fingerprint density at radius 2 is 2.17 bits per heavy atom. The van der Waals surface area contributed by atoms with Crippen LogP contribution < -0.4 is 5.32 Å². The minimum atomic E-state index is -0.0463. The fourth-order valence-corrected chi connectivity index (χ4v) is 2.67. The summed E-state index contributed by atoms with van der Waals surface area (Å²) in [5.41, 5.74) is 3.49. The Labute approximate surface area is 113 Å². The predicted octanol–water partition coefficient (Wildman–Crippen LogP) is 3.24. The van der Waals surface area contributed by atoms with Crippen molar-refractivity contribution in [3.8, 4) is 0 Å². The summed E-state index contributed by atoms with van der Waals surface area (Å²) in [6.45, 7) is 1.91. The third kappa shape index (κ3) is 1.64. The van der Waals surface area contributed by atoms with Gasteiger partial charge in [0.2, 0.25) is 0 Å². The molecule has 0 saturated carbocycles. The van der Waals surface area contributed by atoms with Gasteiger partial charge < -0.3 is 5.32 Å². The molecule has 3 rings (SSSR count). The van der Waals surface area contributed by atoms with Crippen LogP contribution in [0.1, 0.15) is 17.2 Å². The molecule has 0 spiro atoms. The zero-order chi connectivity index (χ0) is 12.7. The summed E-state index contributed by atoms with van der Waals surface area (Å²) in [4.78, 5) is 16.5. The molecule has 1 aliphatic carbocycles. The number of nitrogens with one attached hydrogen (secondary N) is 1. The lowest BCUT2D eigenvalue weighted by atomic mass is 9.87. The average Bonchev–Trinajstić information content (AvgIpc) is 2.61. The Morgan fingerprint density at radius 1 is 1.33 bits per heavy atom. The highest BCUT2D eigenvalue weighted by molar-refractivity contribution is 9.10. The number of hydrogen-bond acceptors (Lipinski definition) is 2. The number of anilines is 1. The van der Waals surface area contributed by atoms with E-state index in [-0.39, 0.29) is 11.8 Å². The lowest BCUT2D eigenvalue weighted by Gasteiger charge is -2.26. The predicted molar refractivity (Wildman–Crippen MR) is 74.4 cm³/mol. The highest BCUT2D eigenvalue weighted by atomic mass is 79.9. The van der Waals surface area contributed by atoms with Gasteiger partial charge in [0.05, 0.1) is 15.9 Å². The molecule has 3 nitrogen and oxygen atoms in total. The third-order valence-electron chi connectivity index (χ3n) is 3.20. The van der Waals surface area contributed by atoms with E-state index in [0.29, 0.717) is 0 Å². The Hall–Kier alpha value is -1.68. The molecule has 1 aliphatic heterocycles. The van der Waals surface area contributed by atoms with E-state index in [1.165, 1.54) is 0 Å². The van der Waals surface area contributed by atoms with Gasteiger partial charge in [0, 0.05) is 23.3 Å². The average molecular weight is 303 g/mol. The van der Waals surface area contributed by atoms with Gasteiger partial charge in [-0.3, -0.25) is 9.78 Å². The molecule has 1 unspecified atom stereocenters. The van der Waals surface area contributed by atoms with E-state index < -0.39 is 0 Å². The van der Waals surface area contributed by atoms with Crippen LogP contribution in [0.25, 0.3) is 0 Å². The van der Waals surface area contributed by atoms with E-state index in [1.807, 2.05) is 43.5 Å². The highest BCUT2D eigenvalue weighted by Gasteiger charge is 2.30. The number of halogens is 1. The van der Waals surface area contributed by atoms with E-state index in [4.69, 9.17) is 0 Å². The van der Waals surface area contributed by atoms with Crippen molar-refractivity contribution in [3.63, 3.8) is 0 Å². The van der Waals surface area contributed by atoms with Crippen molar-refractivity contribution < 1.29 is 4.79 Å². The Morgan fingerprint density at radius 3 is 3.00 bits per heavy atom. The second-order valence-corrected chi connectivity index (χ2v) is 5.10. The van der Waals surface area contributed by atoms with Crippen LogP contribution in [-0.4, -0.2) is 10.9 Å². The van der Waals surface area contributed by atoms with Crippen LogP contribution in [0.3, 0.4) is 0 Å². The van der Waals surface area contributed by atoms with Crippen molar-refractivity contribution in [3.05, 3.63) is 57.9 Å². The van der Waals surface area contributed by atoms with E-state index in [9.17, 15) is 4.79 Å². The molecule has 1 amide bonds. The quantitative estimate of drug-likeness (QED) is 0.799. The number of allylic oxidation sites excluding steroid dienone is 5. The van der Waals surface area contributed by atoms with Gasteiger partial charge in [-0.15, -0.1) is 0 Å². The van der Waals surface area contributed by atoms with Crippen LogP contribution in [0.2, 0.25) is 0 Å². The molecule has 0 fully saturated rings. The number of aromatic nitrogens is 1. The normalized spacial score (nSPS) is 20.7. The molecule has 1 aromatic rings. The number of amides is 1. The maximum Gasteiger partial charge on any atom is 0.252 e. The molecular formula is C14H11BrN2O. The van der Waals surface area contributed by atoms with E-state index >= 15 is 0 Å². The zero-order valence-corrected chi connectivity index (χ0v) is 11.4. The van der Waals surface area contributed by atoms with Gasteiger partial charge in [0.15, 0.2) is 0 Å². The van der Waals surface area contributed by atoms with Gasteiger partial charge in [-0.1, -0.05) is 30.4 Å². The Bertz CT molecular complexity index is 629. The lowest BCUT2D eigenvalue weighted by Crippen LogP contribution is -2.26. The zero-order valence-electron chi connectivity index (χ0n) is 9.77. The fraction of sp³-hybridized carbons (Fsp3) is 0.143. The molecule has 90 valence electrons. The van der Waals surface area contributed by atoms with Crippen LogP contribution in [0.15, 0.2) is 46.6 Å². The maximum absolute atomic E-state index is 12.1. The molecule has 2 aliphatic rings. The van der Waals surface area contributed by atoms with Crippen LogP contribution in [0.5, 0.6) is 0 Å². The van der Waals surface area contributed by atoms with E-state index in [1.54, 1.807) is 0 Å². The number of pyridine rings is 1. The van der Waals surface area contributed by atoms with Gasteiger partial charge in [0.1, 0.15) is 0 Å². The maximum atomic E-state index is 12.1. The summed E-state index contributed by atoms with van der Waals surface area (Å²) < 4.78 is 0.859. The summed E-state index contributed by atoms with van der Waals surface area (Å²) in [7, 11) is 0. The monoisotopic (exact) mass is 302 g/mol. The summed E-state index contributed by atoms with van der Waals surface area (Å²) in [6, 6.07) is 0. The number of aryl methyl sites for hydroxylation is 1. The first-order valence-electron chi connectivity index (χ1n) is 5.70. The summed E-state index contributed by atoms with van der Waals surface area (Å²) in [5.74, 6) is -0.0665. The van der Waals surface area contributed by atoms with Crippen molar-refractivity contribution >= 4 is 27.5 Å². The first-order chi connectivity index (χ1) is 8.68. The smallest absolute Gasteiger partial charge is 0.252 e. The van der Waals surface area contributed by atoms with Crippen molar-refractivity contribution in [1.82, 2.24) is 4.98 Å². The van der Waals surface area contributed by atoms with Crippen LogP contribution in [-0.2, 0) is 4.79 Å². The molecule has 0 radical (unpaired) electrons. The van der Waals surface area contributed by atoms with E-state index in [0.717, 1.165) is 27.0 Å². The minimum Gasteiger partial charge on any atom is -0.321 e. The fourth-order valence-electron chi connectivity index (χ4n) is 2.24. The first kappa shape index (κ1) is 11.4.